The Hall–Kier alpha value is -2.12. The second kappa shape index (κ2) is 15.8. The first-order valence-corrected chi connectivity index (χ1v) is 8.13. The van der Waals surface area contributed by atoms with Gasteiger partial charge in [-0.2, -0.15) is 0 Å². The lowest BCUT2D eigenvalue weighted by atomic mass is 10.0. The van der Waals surface area contributed by atoms with Crippen LogP contribution in [-0.2, 0) is 33.4 Å². The molecular formula is C16H26O8. The van der Waals surface area contributed by atoms with Crippen molar-refractivity contribution < 1.29 is 38.5 Å². The molecule has 0 saturated carbocycles. The lowest BCUT2D eigenvalue weighted by Gasteiger charge is -2.12. The average Bonchev–Trinajstić information content (AvgIpc) is 2.56. The first kappa shape index (κ1) is 21.9. The molecule has 0 aromatic heterocycles. The first-order valence-electron chi connectivity index (χ1n) is 8.13. The lowest BCUT2D eigenvalue weighted by molar-refractivity contribution is -0.159. The number of unbranched alkanes of at least 4 members (excludes halogenated alkanes) is 5. The highest BCUT2D eigenvalue weighted by Crippen LogP contribution is 2.12. The summed E-state index contributed by atoms with van der Waals surface area (Å²) in [4.78, 5) is 42.8. The summed E-state index contributed by atoms with van der Waals surface area (Å²) in [6.07, 6.45) is 5.29. The molecule has 0 aromatic rings. The molecule has 138 valence electrons. The van der Waals surface area contributed by atoms with Gasteiger partial charge in [0.2, 0.25) is 0 Å². The molecule has 8 heteroatoms. The Morgan fingerprint density at radius 1 is 0.792 bits per heavy atom. The van der Waals surface area contributed by atoms with Crippen LogP contribution in [0.15, 0.2) is 0 Å². The first-order chi connectivity index (χ1) is 11.6. The van der Waals surface area contributed by atoms with Crippen molar-refractivity contribution in [1.29, 1.82) is 0 Å². The zero-order chi connectivity index (χ0) is 18.0. The number of aliphatic carboxylic acids is 1. The highest BCUT2D eigenvalue weighted by Gasteiger charge is 2.27. The molecule has 0 amide bonds. The van der Waals surface area contributed by atoms with Gasteiger partial charge in [0.1, 0.15) is 0 Å². The molecule has 0 aliphatic rings. The number of carbonyl (C=O) groups is 4. The molecule has 0 fully saturated rings. The molecular weight excluding hydrogens is 320 g/mol. The Balaban J connectivity index is 3.73. The average molecular weight is 346 g/mol. The fraction of sp³-hybridized carbons (Fsp3) is 0.750. The zero-order valence-electron chi connectivity index (χ0n) is 13.8. The van der Waals surface area contributed by atoms with Crippen molar-refractivity contribution in [3.05, 3.63) is 0 Å². The lowest BCUT2D eigenvalue weighted by Crippen LogP contribution is -2.26. The van der Waals surface area contributed by atoms with E-state index in [-0.39, 0.29) is 19.6 Å². The van der Waals surface area contributed by atoms with Gasteiger partial charge < -0.3 is 19.3 Å². The fourth-order valence-electron chi connectivity index (χ4n) is 2.06. The van der Waals surface area contributed by atoms with Gasteiger partial charge >= 0.3 is 11.9 Å². The molecule has 0 rings (SSSR count). The van der Waals surface area contributed by atoms with Crippen molar-refractivity contribution in [1.82, 2.24) is 0 Å². The summed E-state index contributed by atoms with van der Waals surface area (Å²) in [7, 11) is 0. The van der Waals surface area contributed by atoms with Crippen molar-refractivity contribution in [3.8, 4) is 0 Å². The van der Waals surface area contributed by atoms with Crippen molar-refractivity contribution in [2.24, 2.45) is 5.92 Å². The predicted octanol–water partition coefficient (Wildman–Crippen LogP) is 1.70. The normalized spacial score (nSPS) is 11.3. The SMILES string of the molecule is O=COCCCCCCCOC(=O)C(CCCCOC=O)C(=O)O. The molecule has 1 N–H and O–H groups in total. The van der Waals surface area contributed by atoms with Crippen LogP contribution in [0.5, 0.6) is 0 Å². The van der Waals surface area contributed by atoms with Crippen LogP contribution in [0.3, 0.4) is 0 Å². The van der Waals surface area contributed by atoms with E-state index in [1.165, 1.54) is 0 Å². The van der Waals surface area contributed by atoms with Crippen LogP contribution in [0.25, 0.3) is 0 Å². The Bertz CT molecular complexity index is 369. The standard InChI is InChI=1S/C16H26O8/c17-12-22-9-5-2-1-3-6-11-24-16(21)14(15(19)20)8-4-7-10-23-13-18/h12-14H,1-11H2,(H,19,20). The summed E-state index contributed by atoms with van der Waals surface area (Å²) in [5.41, 5.74) is 0. The van der Waals surface area contributed by atoms with Gasteiger partial charge in [0, 0.05) is 0 Å². The van der Waals surface area contributed by atoms with E-state index in [0.717, 1.165) is 25.7 Å². The van der Waals surface area contributed by atoms with E-state index >= 15 is 0 Å². The minimum Gasteiger partial charge on any atom is -0.481 e. The minimum atomic E-state index is -1.20. The van der Waals surface area contributed by atoms with E-state index in [4.69, 9.17) is 9.84 Å². The maximum absolute atomic E-state index is 11.8. The summed E-state index contributed by atoms with van der Waals surface area (Å²) < 4.78 is 14.1. The van der Waals surface area contributed by atoms with E-state index in [2.05, 4.69) is 9.47 Å². The van der Waals surface area contributed by atoms with Gasteiger partial charge in [-0.25, -0.2) is 0 Å². The highest BCUT2D eigenvalue weighted by atomic mass is 16.5. The van der Waals surface area contributed by atoms with Crippen LogP contribution in [0.2, 0.25) is 0 Å². The van der Waals surface area contributed by atoms with Crippen molar-refractivity contribution >= 4 is 24.9 Å². The molecule has 8 nitrogen and oxygen atoms in total. The quantitative estimate of drug-likeness (QED) is 0.139. The maximum atomic E-state index is 11.8. The molecule has 0 bridgehead atoms. The summed E-state index contributed by atoms with van der Waals surface area (Å²) in [6, 6.07) is 0. The highest BCUT2D eigenvalue weighted by molar-refractivity contribution is 5.93. The Kier molecular flexibility index (Phi) is 14.4. The molecule has 1 atom stereocenters. The third-order valence-electron chi connectivity index (χ3n) is 3.37. The smallest absolute Gasteiger partial charge is 0.320 e. The predicted molar refractivity (Wildman–Crippen MR) is 83.1 cm³/mol. The summed E-state index contributed by atoms with van der Waals surface area (Å²) >= 11 is 0. The monoisotopic (exact) mass is 346 g/mol. The fourth-order valence-corrected chi connectivity index (χ4v) is 2.06. The molecule has 1 unspecified atom stereocenters. The summed E-state index contributed by atoms with van der Waals surface area (Å²) in [6.45, 7) is 1.58. The summed E-state index contributed by atoms with van der Waals surface area (Å²) in [5.74, 6) is -3.11. The van der Waals surface area contributed by atoms with Gasteiger partial charge in [-0.1, -0.05) is 19.3 Å². The topological polar surface area (TPSA) is 116 Å². The van der Waals surface area contributed by atoms with Gasteiger partial charge in [-0.05, 0) is 32.1 Å². The minimum absolute atomic E-state index is 0.160. The van der Waals surface area contributed by atoms with Crippen molar-refractivity contribution in [2.45, 2.75) is 51.4 Å². The number of carboxylic acids is 1. The largest absolute Gasteiger partial charge is 0.481 e. The van der Waals surface area contributed by atoms with Crippen LogP contribution in [0.4, 0.5) is 0 Å². The number of hydrogen-bond acceptors (Lipinski definition) is 7. The van der Waals surface area contributed by atoms with Gasteiger partial charge in [-0.3, -0.25) is 19.2 Å². The number of rotatable bonds is 17. The summed E-state index contributed by atoms with van der Waals surface area (Å²) in [5, 5.41) is 9.07. The van der Waals surface area contributed by atoms with Crippen LogP contribution < -0.4 is 0 Å². The van der Waals surface area contributed by atoms with E-state index < -0.39 is 17.9 Å². The van der Waals surface area contributed by atoms with Crippen molar-refractivity contribution in [2.75, 3.05) is 19.8 Å². The molecule has 0 aromatic carbocycles. The second-order valence-corrected chi connectivity index (χ2v) is 5.26. The molecule has 24 heavy (non-hydrogen) atoms. The molecule has 0 spiro atoms. The third-order valence-corrected chi connectivity index (χ3v) is 3.37. The van der Waals surface area contributed by atoms with E-state index in [1.54, 1.807) is 0 Å². The number of carboxylic acid groups (broad SMARTS) is 1. The molecule has 0 aliphatic heterocycles. The van der Waals surface area contributed by atoms with Gasteiger partial charge in [0.15, 0.2) is 5.92 Å². The van der Waals surface area contributed by atoms with Crippen LogP contribution >= 0.6 is 0 Å². The van der Waals surface area contributed by atoms with Gasteiger partial charge in [0.25, 0.3) is 12.9 Å². The molecule has 0 saturated heterocycles. The van der Waals surface area contributed by atoms with Crippen LogP contribution in [0, 0.1) is 5.92 Å². The third kappa shape index (κ3) is 12.4. The van der Waals surface area contributed by atoms with Crippen LogP contribution in [-0.4, -0.2) is 49.8 Å². The van der Waals surface area contributed by atoms with Crippen molar-refractivity contribution in [3.63, 3.8) is 0 Å². The molecule has 0 aliphatic carbocycles. The Morgan fingerprint density at radius 3 is 1.83 bits per heavy atom. The van der Waals surface area contributed by atoms with E-state index in [1.807, 2.05) is 0 Å². The zero-order valence-corrected chi connectivity index (χ0v) is 13.8. The molecule has 0 heterocycles. The molecule has 0 radical (unpaired) electrons. The number of hydrogen-bond donors (Lipinski definition) is 1. The number of carbonyl (C=O) groups excluding carboxylic acids is 3. The van der Waals surface area contributed by atoms with Crippen LogP contribution in [0.1, 0.15) is 51.4 Å². The second-order valence-electron chi connectivity index (χ2n) is 5.26. The van der Waals surface area contributed by atoms with Gasteiger partial charge in [0.05, 0.1) is 19.8 Å². The number of esters is 1. The Morgan fingerprint density at radius 2 is 1.29 bits per heavy atom. The van der Waals surface area contributed by atoms with E-state index in [0.29, 0.717) is 38.8 Å². The Labute approximate surface area is 141 Å². The number of ether oxygens (including phenoxy) is 3. The van der Waals surface area contributed by atoms with E-state index in [9.17, 15) is 19.2 Å². The van der Waals surface area contributed by atoms with Gasteiger partial charge in [-0.15, -0.1) is 0 Å². The maximum Gasteiger partial charge on any atom is 0.320 e.